The Bertz CT molecular complexity index is 520. The van der Waals surface area contributed by atoms with Crippen molar-refractivity contribution in [1.82, 2.24) is 9.47 Å². The Hall–Kier alpha value is -1.10. The Labute approximate surface area is 124 Å². The van der Waals surface area contributed by atoms with Gasteiger partial charge in [-0.2, -0.15) is 0 Å². The monoisotopic (exact) mass is 290 g/mol. The molecular formula is C16H22N2OS. The fourth-order valence-corrected chi connectivity index (χ4v) is 3.72. The predicted molar refractivity (Wildman–Crippen MR) is 82.8 cm³/mol. The number of thiophene rings is 1. The third kappa shape index (κ3) is 3.32. The maximum absolute atomic E-state index is 5.27. The molecule has 0 spiro atoms. The molecule has 3 heterocycles. The van der Waals surface area contributed by atoms with Crippen molar-refractivity contribution in [2.24, 2.45) is 5.92 Å². The highest BCUT2D eigenvalue weighted by Crippen LogP contribution is 2.22. The molecule has 1 aliphatic heterocycles. The number of hydrogen-bond acceptors (Lipinski definition) is 3. The Morgan fingerprint density at radius 1 is 1.30 bits per heavy atom. The van der Waals surface area contributed by atoms with E-state index in [0.29, 0.717) is 5.92 Å². The lowest BCUT2D eigenvalue weighted by atomic mass is 10.1. The SMILES string of the molecule is COCC[C@H]1CN(Cc2cccs2)Cc2cccn2C1. The van der Waals surface area contributed by atoms with Crippen LogP contribution in [0.5, 0.6) is 0 Å². The second-order valence-electron chi connectivity index (χ2n) is 5.55. The summed E-state index contributed by atoms with van der Waals surface area (Å²) in [5.74, 6) is 0.670. The van der Waals surface area contributed by atoms with Crippen molar-refractivity contribution in [3.63, 3.8) is 0 Å². The van der Waals surface area contributed by atoms with Crippen LogP contribution >= 0.6 is 11.3 Å². The van der Waals surface area contributed by atoms with Gasteiger partial charge in [-0.1, -0.05) is 6.07 Å². The van der Waals surface area contributed by atoms with Gasteiger partial charge in [-0.15, -0.1) is 11.3 Å². The molecule has 3 rings (SSSR count). The smallest absolute Gasteiger partial charge is 0.0466 e. The molecule has 1 aliphatic rings. The van der Waals surface area contributed by atoms with Crippen LogP contribution in [0, 0.1) is 5.92 Å². The fraction of sp³-hybridized carbons (Fsp3) is 0.500. The van der Waals surface area contributed by atoms with Gasteiger partial charge in [0.05, 0.1) is 0 Å². The average Bonchev–Trinajstić information content (AvgIpc) is 3.06. The lowest BCUT2D eigenvalue weighted by Gasteiger charge is -2.23. The van der Waals surface area contributed by atoms with Gasteiger partial charge in [-0.05, 0) is 35.9 Å². The van der Waals surface area contributed by atoms with Crippen molar-refractivity contribution >= 4 is 11.3 Å². The summed E-state index contributed by atoms with van der Waals surface area (Å²) in [4.78, 5) is 4.03. The molecule has 0 saturated carbocycles. The second kappa shape index (κ2) is 6.57. The van der Waals surface area contributed by atoms with E-state index in [1.807, 2.05) is 11.3 Å². The summed E-state index contributed by atoms with van der Waals surface area (Å²) in [6.07, 6.45) is 3.35. The van der Waals surface area contributed by atoms with Crippen LogP contribution in [0.15, 0.2) is 35.8 Å². The highest BCUT2D eigenvalue weighted by molar-refractivity contribution is 7.09. The first-order chi connectivity index (χ1) is 9.85. The molecule has 0 N–H and O–H groups in total. The highest BCUT2D eigenvalue weighted by Gasteiger charge is 2.21. The van der Waals surface area contributed by atoms with Crippen molar-refractivity contribution < 1.29 is 4.74 Å². The van der Waals surface area contributed by atoms with Gasteiger partial charge in [0, 0.05) is 56.7 Å². The largest absolute Gasteiger partial charge is 0.385 e. The lowest BCUT2D eigenvalue weighted by Crippen LogP contribution is -2.27. The van der Waals surface area contributed by atoms with Crippen molar-refractivity contribution in [2.45, 2.75) is 26.1 Å². The molecule has 4 heteroatoms. The van der Waals surface area contributed by atoms with Gasteiger partial charge < -0.3 is 9.30 Å². The lowest BCUT2D eigenvalue weighted by molar-refractivity contribution is 0.152. The minimum atomic E-state index is 0.670. The number of nitrogens with zero attached hydrogens (tertiary/aromatic N) is 2. The van der Waals surface area contributed by atoms with Crippen LogP contribution in [-0.2, 0) is 24.4 Å². The molecular weight excluding hydrogens is 268 g/mol. The molecule has 2 aromatic rings. The number of methoxy groups -OCH3 is 1. The zero-order valence-electron chi connectivity index (χ0n) is 12.0. The summed E-state index contributed by atoms with van der Waals surface area (Å²) in [5, 5.41) is 2.16. The molecule has 0 bridgehead atoms. The highest BCUT2D eigenvalue weighted by atomic mass is 32.1. The molecule has 0 fully saturated rings. The second-order valence-corrected chi connectivity index (χ2v) is 6.58. The normalized spacial score (nSPS) is 19.8. The predicted octanol–water partition coefficient (Wildman–Crippen LogP) is 3.22. The first kappa shape index (κ1) is 13.9. The number of ether oxygens (including phenoxy) is 1. The zero-order valence-corrected chi connectivity index (χ0v) is 12.8. The van der Waals surface area contributed by atoms with Crippen LogP contribution in [0.25, 0.3) is 0 Å². The Balaban J connectivity index is 1.73. The van der Waals surface area contributed by atoms with Crippen LogP contribution in [0.4, 0.5) is 0 Å². The number of hydrogen-bond donors (Lipinski definition) is 0. The Morgan fingerprint density at radius 3 is 3.05 bits per heavy atom. The van der Waals surface area contributed by atoms with E-state index in [9.17, 15) is 0 Å². The van der Waals surface area contributed by atoms with Crippen LogP contribution in [-0.4, -0.2) is 29.7 Å². The third-order valence-electron chi connectivity index (χ3n) is 3.97. The molecule has 1 atom stereocenters. The van der Waals surface area contributed by atoms with Crippen molar-refractivity contribution in [1.29, 1.82) is 0 Å². The van der Waals surface area contributed by atoms with E-state index >= 15 is 0 Å². The van der Waals surface area contributed by atoms with Crippen molar-refractivity contribution in [3.8, 4) is 0 Å². The molecule has 108 valence electrons. The van der Waals surface area contributed by atoms with E-state index in [4.69, 9.17) is 4.74 Å². The van der Waals surface area contributed by atoms with Crippen molar-refractivity contribution in [2.75, 3.05) is 20.3 Å². The maximum atomic E-state index is 5.27. The van der Waals surface area contributed by atoms with Crippen LogP contribution in [0.1, 0.15) is 17.0 Å². The number of rotatable bonds is 5. The topological polar surface area (TPSA) is 17.4 Å². The van der Waals surface area contributed by atoms with E-state index in [1.54, 1.807) is 7.11 Å². The summed E-state index contributed by atoms with van der Waals surface area (Å²) >= 11 is 1.85. The van der Waals surface area contributed by atoms with E-state index in [0.717, 1.165) is 39.2 Å². The van der Waals surface area contributed by atoms with Gasteiger partial charge in [0.25, 0.3) is 0 Å². The van der Waals surface area contributed by atoms with Gasteiger partial charge in [0.1, 0.15) is 0 Å². The van der Waals surface area contributed by atoms with E-state index in [2.05, 4.69) is 45.3 Å². The molecule has 0 radical (unpaired) electrons. The molecule has 0 aliphatic carbocycles. The zero-order chi connectivity index (χ0) is 13.8. The summed E-state index contributed by atoms with van der Waals surface area (Å²) in [5.41, 5.74) is 1.43. The standard InChI is InChI=1S/C16H22N2OS/c1-19-8-6-14-10-17(13-16-5-3-9-20-16)12-15-4-2-7-18(15)11-14/h2-5,7,9,14H,6,8,10-13H2,1H3/t14-/m0/s1. The summed E-state index contributed by atoms with van der Waals surface area (Å²) in [6.45, 7) is 5.24. The summed E-state index contributed by atoms with van der Waals surface area (Å²) in [6, 6.07) is 8.79. The van der Waals surface area contributed by atoms with E-state index in [1.165, 1.54) is 10.6 Å². The van der Waals surface area contributed by atoms with Gasteiger partial charge in [-0.3, -0.25) is 4.90 Å². The van der Waals surface area contributed by atoms with Gasteiger partial charge in [0.2, 0.25) is 0 Å². The van der Waals surface area contributed by atoms with Crippen LogP contribution < -0.4 is 0 Å². The Morgan fingerprint density at radius 2 is 2.25 bits per heavy atom. The van der Waals surface area contributed by atoms with Gasteiger partial charge in [-0.25, -0.2) is 0 Å². The van der Waals surface area contributed by atoms with Crippen LogP contribution in [0.2, 0.25) is 0 Å². The molecule has 0 saturated heterocycles. The van der Waals surface area contributed by atoms with E-state index < -0.39 is 0 Å². The van der Waals surface area contributed by atoms with E-state index in [-0.39, 0.29) is 0 Å². The minimum absolute atomic E-state index is 0.670. The summed E-state index contributed by atoms with van der Waals surface area (Å²) in [7, 11) is 1.79. The molecule has 0 amide bonds. The fourth-order valence-electron chi connectivity index (χ4n) is 2.98. The summed E-state index contributed by atoms with van der Waals surface area (Å²) < 4.78 is 7.68. The maximum Gasteiger partial charge on any atom is 0.0466 e. The molecule has 20 heavy (non-hydrogen) atoms. The Kier molecular flexibility index (Phi) is 4.55. The van der Waals surface area contributed by atoms with Gasteiger partial charge in [0.15, 0.2) is 0 Å². The van der Waals surface area contributed by atoms with Crippen molar-refractivity contribution in [3.05, 3.63) is 46.4 Å². The molecule has 3 nitrogen and oxygen atoms in total. The molecule has 0 unspecified atom stereocenters. The van der Waals surface area contributed by atoms with Gasteiger partial charge >= 0.3 is 0 Å². The van der Waals surface area contributed by atoms with Crippen LogP contribution in [0.3, 0.4) is 0 Å². The first-order valence-corrected chi connectivity index (χ1v) is 8.11. The minimum Gasteiger partial charge on any atom is -0.385 e. The number of aromatic nitrogens is 1. The third-order valence-corrected chi connectivity index (χ3v) is 4.83. The first-order valence-electron chi connectivity index (χ1n) is 7.23. The molecule has 2 aromatic heterocycles. The quantitative estimate of drug-likeness (QED) is 0.841. The number of fused-ring (bicyclic) bond motifs is 1. The molecule has 0 aromatic carbocycles. The average molecular weight is 290 g/mol.